The van der Waals surface area contributed by atoms with Crippen LogP contribution in [0.2, 0.25) is 0 Å². The SMILES string of the molecule is CN(C)C(=O)N1CCN(C(=O)CC2(N)CCC2)CC1. The number of amides is 3. The Morgan fingerprint density at radius 3 is 2.05 bits per heavy atom. The lowest BCUT2D eigenvalue weighted by molar-refractivity contribution is -0.134. The van der Waals surface area contributed by atoms with Crippen LogP contribution in [0, 0.1) is 0 Å². The molecule has 2 rings (SSSR count). The monoisotopic (exact) mass is 268 g/mol. The molecule has 2 fully saturated rings. The second-order valence-electron chi connectivity index (χ2n) is 5.94. The van der Waals surface area contributed by atoms with Crippen LogP contribution < -0.4 is 5.73 Å². The van der Waals surface area contributed by atoms with E-state index in [1.54, 1.807) is 23.9 Å². The Labute approximate surface area is 114 Å². The minimum absolute atomic E-state index is 0.0152. The first-order chi connectivity index (χ1) is 8.91. The molecule has 2 N–H and O–H groups in total. The zero-order valence-electron chi connectivity index (χ0n) is 11.9. The lowest BCUT2D eigenvalue weighted by Gasteiger charge is -2.41. The summed E-state index contributed by atoms with van der Waals surface area (Å²) in [5.74, 6) is 0.138. The molecule has 0 radical (unpaired) electrons. The number of nitrogens with two attached hydrogens (primary N) is 1. The fourth-order valence-electron chi connectivity index (χ4n) is 2.65. The maximum atomic E-state index is 12.1. The van der Waals surface area contributed by atoms with Gasteiger partial charge in [-0.2, -0.15) is 0 Å². The molecule has 0 bridgehead atoms. The van der Waals surface area contributed by atoms with Crippen LogP contribution in [0.15, 0.2) is 0 Å². The van der Waals surface area contributed by atoms with Gasteiger partial charge >= 0.3 is 6.03 Å². The zero-order chi connectivity index (χ0) is 14.0. The largest absolute Gasteiger partial charge is 0.339 e. The van der Waals surface area contributed by atoms with E-state index in [4.69, 9.17) is 5.73 Å². The van der Waals surface area contributed by atoms with Crippen molar-refractivity contribution >= 4 is 11.9 Å². The third-order valence-corrected chi connectivity index (χ3v) is 4.14. The van der Waals surface area contributed by atoms with Gasteiger partial charge in [0.05, 0.1) is 0 Å². The molecule has 19 heavy (non-hydrogen) atoms. The molecule has 0 aromatic rings. The molecule has 3 amide bonds. The molecule has 1 saturated carbocycles. The molecular formula is C13H24N4O2. The van der Waals surface area contributed by atoms with E-state index in [1.165, 1.54) is 0 Å². The predicted molar refractivity (Wildman–Crippen MR) is 72.6 cm³/mol. The Kier molecular flexibility index (Phi) is 3.99. The van der Waals surface area contributed by atoms with Crippen molar-refractivity contribution in [1.82, 2.24) is 14.7 Å². The van der Waals surface area contributed by atoms with Crippen molar-refractivity contribution in [1.29, 1.82) is 0 Å². The molecule has 0 spiro atoms. The average Bonchev–Trinajstić information content (AvgIpc) is 2.36. The van der Waals surface area contributed by atoms with Gasteiger partial charge in [-0.3, -0.25) is 4.79 Å². The van der Waals surface area contributed by atoms with Gasteiger partial charge in [-0.1, -0.05) is 0 Å². The molecule has 1 saturated heterocycles. The summed E-state index contributed by atoms with van der Waals surface area (Å²) < 4.78 is 0. The summed E-state index contributed by atoms with van der Waals surface area (Å²) >= 11 is 0. The topological polar surface area (TPSA) is 69.9 Å². The summed E-state index contributed by atoms with van der Waals surface area (Å²) in [7, 11) is 3.49. The van der Waals surface area contributed by atoms with Crippen molar-refractivity contribution in [3.05, 3.63) is 0 Å². The fraction of sp³-hybridized carbons (Fsp3) is 0.846. The number of nitrogens with zero attached hydrogens (tertiary/aromatic N) is 3. The number of urea groups is 1. The molecule has 6 nitrogen and oxygen atoms in total. The highest BCUT2D eigenvalue weighted by molar-refractivity contribution is 5.78. The maximum absolute atomic E-state index is 12.1. The van der Waals surface area contributed by atoms with Crippen molar-refractivity contribution in [2.45, 2.75) is 31.2 Å². The number of carbonyl (C=O) groups excluding carboxylic acids is 2. The quantitative estimate of drug-likeness (QED) is 0.771. The number of piperazine rings is 1. The van der Waals surface area contributed by atoms with Gasteiger partial charge in [0.2, 0.25) is 5.91 Å². The van der Waals surface area contributed by atoms with Gasteiger partial charge in [-0.15, -0.1) is 0 Å². The molecule has 0 aromatic heterocycles. The van der Waals surface area contributed by atoms with Crippen LogP contribution in [0.4, 0.5) is 4.79 Å². The number of rotatable bonds is 2. The second kappa shape index (κ2) is 5.36. The van der Waals surface area contributed by atoms with E-state index in [2.05, 4.69) is 0 Å². The van der Waals surface area contributed by atoms with Crippen LogP contribution in [-0.4, -0.2) is 72.5 Å². The van der Waals surface area contributed by atoms with Crippen LogP contribution in [0.25, 0.3) is 0 Å². The predicted octanol–water partition coefficient (Wildman–Crippen LogP) is 0.0837. The minimum Gasteiger partial charge on any atom is -0.339 e. The van der Waals surface area contributed by atoms with Gasteiger partial charge in [0.25, 0.3) is 0 Å². The maximum Gasteiger partial charge on any atom is 0.319 e. The Bertz CT molecular complexity index is 358. The van der Waals surface area contributed by atoms with Gasteiger partial charge < -0.3 is 20.4 Å². The molecule has 6 heteroatoms. The number of hydrogen-bond acceptors (Lipinski definition) is 3. The molecule has 2 aliphatic rings. The molecule has 1 aliphatic carbocycles. The fourth-order valence-corrected chi connectivity index (χ4v) is 2.65. The highest BCUT2D eigenvalue weighted by Crippen LogP contribution is 2.32. The highest BCUT2D eigenvalue weighted by atomic mass is 16.2. The average molecular weight is 268 g/mol. The lowest BCUT2D eigenvalue weighted by atomic mass is 9.75. The van der Waals surface area contributed by atoms with Crippen LogP contribution in [0.1, 0.15) is 25.7 Å². The second-order valence-corrected chi connectivity index (χ2v) is 5.94. The van der Waals surface area contributed by atoms with Crippen LogP contribution in [0.5, 0.6) is 0 Å². The Morgan fingerprint density at radius 1 is 1.11 bits per heavy atom. The van der Waals surface area contributed by atoms with Crippen molar-refractivity contribution in [3.8, 4) is 0 Å². The molecule has 1 aliphatic heterocycles. The van der Waals surface area contributed by atoms with Crippen molar-refractivity contribution < 1.29 is 9.59 Å². The first-order valence-electron chi connectivity index (χ1n) is 6.94. The Balaban J connectivity index is 1.79. The van der Waals surface area contributed by atoms with Gasteiger partial charge in [0, 0.05) is 52.2 Å². The van der Waals surface area contributed by atoms with E-state index in [1.807, 2.05) is 4.90 Å². The van der Waals surface area contributed by atoms with E-state index in [9.17, 15) is 9.59 Å². The van der Waals surface area contributed by atoms with Gasteiger partial charge in [0.1, 0.15) is 0 Å². The summed E-state index contributed by atoms with van der Waals surface area (Å²) in [6.45, 7) is 2.46. The van der Waals surface area contributed by atoms with Gasteiger partial charge in [0.15, 0.2) is 0 Å². The van der Waals surface area contributed by atoms with Gasteiger partial charge in [-0.05, 0) is 19.3 Å². The van der Waals surface area contributed by atoms with Crippen LogP contribution >= 0.6 is 0 Å². The van der Waals surface area contributed by atoms with E-state index in [-0.39, 0.29) is 17.5 Å². The Morgan fingerprint density at radius 2 is 1.63 bits per heavy atom. The highest BCUT2D eigenvalue weighted by Gasteiger charge is 2.36. The van der Waals surface area contributed by atoms with E-state index >= 15 is 0 Å². The summed E-state index contributed by atoms with van der Waals surface area (Å²) in [5.41, 5.74) is 5.85. The number of carbonyl (C=O) groups is 2. The molecule has 0 aromatic carbocycles. The molecule has 108 valence electrons. The minimum atomic E-state index is -0.256. The molecular weight excluding hydrogens is 244 g/mol. The van der Waals surface area contributed by atoms with Crippen molar-refractivity contribution in [2.75, 3.05) is 40.3 Å². The standard InChI is InChI=1S/C13H24N4O2/c1-15(2)12(19)17-8-6-16(7-9-17)11(18)10-13(14)4-3-5-13/h3-10,14H2,1-2H3. The summed E-state index contributed by atoms with van der Waals surface area (Å²) in [5, 5.41) is 0. The van der Waals surface area contributed by atoms with E-state index in [0.717, 1.165) is 19.3 Å². The molecule has 1 heterocycles. The smallest absolute Gasteiger partial charge is 0.319 e. The first kappa shape index (κ1) is 14.1. The third-order valence-electron chi connectivity index (χ3n) is 4.14. The first-order valence-corrected chi connectivity index (χ1v) is 6.94. The summed E-state index contributed by atoms with van der Waals surface area (Å²) in [6, 6.07) is 0.0152. The van der Waals surface area contributed by atoms with Crippen LogP contribution in [0.3, 0.4) is 0 Å². The Hall–Kier alpha value is -1.30. The summed E-state index contributed by atoms with van der Waals surface area (Å²) in [6.07, 6.45) is 3.50. The number of hydrogen-bond donors (Lipinski definition) is 1. The van der Waals surface area contributed by atoms with Crippen LogP contribution in [-0.2, 0) is 4.79 Å². The molecule has 0 atom stereocenters. The van der Waals surface area contributed by atoms with E-state index in [0.29, 0.717) is 32.6 Å². The molecule has 0 unspecified atom stereocenters. The lowest BCUT2D eigenvalue weighted by Crippen LogP contribution is -2.55. The van der Waals surface area contributed by atoms with Gasteiger partial charge in [-0.25, -0.2) is 4.79 Å². The zero-order valence-corrected chi connectivity index (χ0v) is 11.9. The van der Waals surface area contributed by atoms with E-state index < -0.39 is 0 Å². The normalized spacial score (nSPS) is 21.8. The third kappa shape index (κ3) is 3.18. The summed E-state index contributed by atoms with van der Waals surface area (Å²) in [4.78, 5) is 29.1. The van der Waals surface area contributed by atoms with Crippen molar-refractivity contribution in [3.63, 3.8) is 0 Å². The van der Waals surface area contributed by atoms with Crippen molar-refractivity contribution in [2.24, 2.45) is 5.73 Å².